The molecule has 7 aliphatic rings. The summed E-state index contributed by atoms with van der Waals surface area (Å²) in [5.74, 6) is -1.15. The number of carbonyl (C=O) groups excluding carboxylic acids is 4. The second kappa shape index (κ2) is 21.7. The van der Waals surface area contributed by atoms with Crippen molar-refractivity contribution in [3.8, 4) is 0 Å². The lowest BCUT2D eigenvalue weighted by molar-refractivity contribution is -0.152. The molecule has 0 aromatic heterocycles. The van der Waals surface area contributed by atoms with Crippen molar-refractivity contribution in [2.45, 2.75) is 140 Å². The van der Waals surface area contributed by atoms with E-state index in [9.17, 15) is 19.2 Å². The average molecular weight is 832 g/mol. The van der Waals surface area contributed by atoms with Crippen LogP contribution in [-0.2, 0) is 33.4 Å². The predicted octanol–water partition coefficient (Wildman–Crippen LogP) is -0.569. The van der Waals surface area contributed by atoms with Gasteiger partial charge >= 0.3 is 0 Å². The quantitative estimate of drug-likeness (QED) is 0.0481. The van der Waals surface area contributed by atoms with Gasteiger partial charge in [-0.2, -0.15) is 5.53 Å². The highest BCUT2D eigenvalue weighted by Crippen LogP contribution is 2.49. The minimum absolute atomic E-state index is 0.102. The monoisotopic (exact) mass is 832 g/mol. The van der Waals surface area contributed by atoms with Gasteiger partial charge in [0.2, 0.25) is 23.6 Å². The van der Waals surface area contributed by atoms with Crippen molar-refractivity contribution in [2.24, 2.45) is 17.3 Å². The molecule has 2 aliphatic carbocycles. The molecule has 7 rings (SSSR count). The average Bonchev–Trinajstić information content (AvgIpc) is 4.04. The van der Waals surface area contributed by atoms with Crippen molar-refractivity contribution in [3.63, 3.8) is 0 Å². The third-order valence-electron chi connectivity index (χ3n) is 14.1. The highest BCUT2D eigenvalue weighted by molar-refractivity contribution is 6.12. The maximum atomic E-state index is 13.8. The Bertz CT molecular complexity index is 1410. The zero-order valence-corrected chi connectivity index (χ0v) is 35.6. The Morgan fingerprint density at radius 2 is 1.66 bits per heavy atom. The lowest BCUT2D eigenvalue weighted by atomic mass is 9.67. The minimum atomic E-state index is -0.905. The van der Waals surface area contributed by atoms with Crippen molar-refractivity contribution in [2.75, 3.05) is 78.9 Å². The fourth-order valence-electron chi connectivity index (χ4n) is 10.9. The fraction of sp³-hybridized carbons (Fsp3) is 0.902. The molecule has 334 valence electrons. The van der Waals surface area contributed by atoms with Crippen LogP contribution in [-0.4, -0.2) is 160 Å². The number of likely N-dealkylation sites (tertiary alicyclic amines) is 1. The molecule has 7 unspecified atom stereocenters. The third-order valence-corrected chi connectivity index (χ3v) is 14.1. The first kappa shape index (κ1) is 44.8. The van der Waals surface area contributed by atoms with Crippen molar-refractivity contribution in [1.82, 2.24) is 57.9 Å². The van der Waals surface area contributed by atoms with E-state index >= 15 is 0 Å². The largest absolute Gasteiger partial charge is 0.378 e. The normalized spacial score (nSPS) is 34.3. The zero-order chi connectivity index (χ0) is 41.2. The summed E-state index contributed by atoms with van der Waals surface area (Å²) in [6.45, 7) is 12.4. The second-order valence-electron chi connectivity index (χ2n) is 17.9. The highest BCUT2D eigenvalue weighted by atomic mass is 16.5. The molecule has 59 heavy (non-hydrogen) atoms. The van der Waals surface area contributed by atoms with Gasteiger partial charge in [0.05, 0.1) is 63.3 Å². The molecule has 18 heteroatoms. The molecule has 18 nitrogen and oxygen atoms in total. The number of imide groups is 2. The summed E-state index contributed by atoms with van der Waals surface area (Å²) < 4.78 is 17.3. The Morgan fingerprint density at radius 1 is 0.881 bits per heavy atom. The molecule has 0 aromatic rings. The number of hydrogen-bond acceptors (Lipinski definition) is 16. The van der Waals surface area contributed by atoms with Crippen LogP contribution < -0.4 is 43.0 Å². The van der Waals surface area contributed by atoms with Crippen molar-refractivity contribution in [3.05, 3.63) is 0 Å². The number of piperidine rings is 1. The van der Waals surface area contributed by atoms with Gasteiger partial charge in [-0.3, -0.25) is 45.5 Å². The van der Waals surface area contributed by atoms with Crippen molar-refractivity contribution in [1.29, 1.82) is 0 Å². The topological polar surface area (TPSA) is 202 Å². The highest BCUT2D eigenvalue weighted by Gasteiger charge is 2.61. The van der Waals surface area contributed by atoms with Crippen LogP contribution in [0.15, 0.2) is 0 Å². The molecule has 9 atom stereocenters. The van der Waals surface area contributed by atoms with E-state index < -0.39 is 23.3 Å². The van der Waals surface area contributed by atoms with Crippen LogP contribution in [0.1, 0.15) is 97.3 Å². The van der Waals surface area contributed by atoms with E-state index in [0.29, 0.717) is 103 Å². The Hall–Kier alpha value is -2.20. The van der Waals surface area contributed by atoms with E-state index in [0.717, 1.165) is 51.2 Å². The summed E-state index contributed by atoms with van der Waals surface area (Å²) in [7, 11) is 0. The van der Waals surface area contributed by atoms with Gasteiger partial charge in [-0.1, -0.05) is 39.5 Å². The van der Waals surface area contributed by atoms with Gasteiger partial charge in [0, 0.05) is 69.9 Å². The molecule has 5 aliphatic heterocycles. The molecule has 5 heterocycles. The van der Waals surface area contributed by atoms with E-state index in [-0.39, 0.29) is 36.6 Å². The van der Waals surface area contributed by atoms with Gasteiger partial charge in [-0.15, -0.1) is 0 Å². The summed E-state index contributed by atoms with van der Waals surface area (Å²) in [5.41, 5.74) is 9.27. The predicted molar refractivity (Wildman–Crippen MR) is 220 cm³/mol. The van der Waals surface area contributed by atoms with E-state index in [1.54, 1.807) is 0 Å². The smallest absolute Gasteiger partial charge is 0.249 e. The first-order valence-electron chi connectivity index (χ1n) is 23.0. The van der Waals surface area contributed by atoms with Gasteiger partial charge in [0.1, 0.15) is 6.04 Å². The summed E-state index contributed by atoms with van der Waals surface area (Å²) in [6.07, 6.45) is 12.5. The number of hydrogen-bond donors (Lipinski definition) is 8. The Balaban J connectivity index is 0.683. The second-order valence-corrected chi connectivity index (χ2v) is 17.9. The number of hydrazine groups is 3. The molecule has 2 saturated carbocycles. The maximum Gasteiger partial charge on any atom is 0.249 e. The van der Waals surface area contributed by atoms with E-state index in [4.69, 9.17) is 14.2 Å². The number of nitrogens with zero attached hydrogens (tertiary/aromatic N) is 3. The molecule has 0 bridgehead atoms. The summed E-state index contributed by atoms with van der Waals surface area (Å²) in [4.78, 5) is 52.8. The Labute approximate surface area is 350 Å². The molecule has 0 aromatic carbocycles. The van der Waals surface area contributed by atoms with Gasteiger partial charge in [-0.05, 0) is 57.3 Å². The van der Waals surface area contributed by atoms with Gasteiger partial charge in [0.15, 0.2) is 0 Å². The van der Waals surface area contributed by atoms with Gasteiger partial charge in [-0.25, -0.2) is 15.4 Å². The molecule has 8 N–H and O–H groups in total. The lowest BCUT2D eigenvalue weighted by Crippen LogP contribution is -2.66. The van der Waals surface area contributed by atoms with Crippen LogP contribution in [0.4, 0.5) is 0 Å². The van der Waals surface area contributed by atoms with Crippen LogP contribution >= 0.6 is 0 Å². The van der Waals surface area contributed by atoms with Crippen LogP contribution in [0, 0.1) is 17.3 Å². The molecule has 7 fully saturated rings. The maximum absolute atomic E-state index is 13.8. The van der Waals surface area contributed by atoms with E-state index in [1.807, 2.05) is 0 Å². The van der Waals surface area contributed by atoms with Crippen LogP contribution in [0.25, 0.3) is 0 Å². The first-order valence-corrected chi connectivity index (χ1v) is 23.0. The molecular formula is C41H73N11O7. The molecule has 4 amide bonds. The number of ether oxygens (including phenoxy) is 3. The molecule has 5 saturated heterocycles. The third kappa shape index (κ3) is 11.1. The Morgan fingerprint density at radius 3 is 2.46 bits per heavy atom. The van der Waals surface area contributed by atoms with Gasteiger partial charge in [0.25, 0.3) is 0 Å². The number of rotatable bonds is 23. The van der Waals surface area contributed by atoms with Crippen molar-refractivity contribution >= 4 is 23.6 Å². The SMILES string of the molecule is CCC(CC)C1CC(N[C@H]2CC[C@H](NCCOCCOCCOCCN3CC(CNCC45CCCCC4C(=O)N(C4CCC(=O)NC4=O)C5=O)NN3)C2)N2NCCC2N1. The fourth-order valence-corrected chi connectivity index (χ4v) is 10.9. The van der Waals surface area contributed by atoms with Crippen LogP contribution in [0.5, 0.6) is 0 Å². The summed E-state index contributed by atoms with van der Waals surface area (Å²) in [5, 5.41) is 22.0. The molecule has 0 spiro atoms. The Kier molecular flexibility index (Phi) is 16.5. The standard InChI is InChI=1S/C41H73N11O7/c1-3-28(4-2)33-24-36(52-35(46-33)12-14-44-52)45-30-9-8-29(23-30)43-15-17-57-19-21-59-22-20-58-18-16-50-26-31(48-49-50)25-42-27-41-13-6-5-7-32(41)39(55)51(40(41)56)34-10-11-37(53)47-38(34)54/h28-36,42-46,48-49H,3-27H2,1-2H3,(H,47,53,54)/t29-,30-,31?,32?,33?,34?,35?,36?,41?/m0/s1. The van der Waals surface area contributed by atoms with Crippen LogP contribution in [0.2, 0.25) is 0 Å². The molecule has 0 radical (unpaired) electrons. The van der Waals surface area contributed by atoms with Crippen molar-refractivity contribution < 1.29 is 33.4 Å². The van der Waals surface area contributed by atoms with E-state index in [1.165, 1.54) is 37.0 Å². The van der Waals surface area contributed by atoms with E-state index in [2.05, 4.69) is 66.8 Å². The number of nitrogens with one attached hydrogen (secondary N) is 8. The first-order chi connectivity index (χ1) is 28.8. The van der Waals surface area contributed by atoms with Crippen LogP contribution in [0.3, 0.4) is 0 Å². The van der Waals surface area contributed by atoms with Gasteiger partial charge < -0.3 is 24.8 Å². The number of amides is 4. The lowest BCUT2D eigenvalue weighted by Gasteiger charge is -2.45. The number of fused-ring (bicyclic) bond motifs is 2. The zero-order valence-electron chi connectivity index (χ0n) is 35.6. The molecular weight excluding hydrogens is 759 g/mol. The minimum Gasteiger partial charge on any atom is -0.378 e. The summed E-state index contributed by atoms with van der Waals surface area (Å²) in [6, 6.07) is 0.862. The summed E-state index contributed by atoms with van der Waals surface area (Å²) >= 11 is 0. The number of carbonyl (C=O) groups is 4.